The van der Waals surface area contributed by atoms with Crippen molar-refractivity contribution in [2.75, 3.05) is 53.9 Å². The number of rotatable bonds is 12. The van der Waals surface area contributed by atoms with E-state index in [9.17, 15) is 4.79 Å². The van der Waals surface area contributed by atoms with Crippen LogP contribution in [0.25, 0.3) is 0 Å². The van der Waals surface area contributed by atoms with Crippen LogP contribution in [-0.4, -0.2) is 59.6 Å². The molecule has 0 aliphatic heterocycles. The van der Waals surface area contributed by atoms with E-state index < -0.39 is 0 Å². The summed E-state index contributed by atoms with van der Waals surface area (Å²) in [5.41, 5.74) is 0. The van der Waals surface area contributed by atoms with Crippen LogP contribution in [0.2, 0.25) is 0 Å². The Morgan fingerprint density at radius 3 is 2.12 bits per heavy atom. The molecular weight excluding hydrogens is 212 g/mol. The molecule has 0 aliphatic rings. The summed E-state index contributed by atoms with van der Waals surface area (Å²) < 4.78 is 20.0. The average molecular weight is 234 g/mol. The summed E-state index contributed by atoms with van der Waals surface area (Å²) in [7, 11) is 3.16. The van der Waals surface area contributed by atoms with E-state index in [0.29, 0.717) is 39.5 Å². The Hall–Kier alpha value is -0.490. The predicted octanol–water partition coefficient (Wildman–Crippen LogP) is 0.662. The Kier molecular flexibility index (Phi) is 12.2. The topological polar surface area (TPSA) is 54.0 Å². The van der Waals surface area contributed by atoms with Crippen LogP contribution in [0.4, 0.5) is 0 Å². The summed E-state index contributed by atoms with van der Waals surface area (Å²) in [6.07, 6.45) is 1.25. The zero-order valence-electron chi connectivity index (χ0n) is 10.2. The number of carbonyl (C=O) groups excluding carboxylic acids is 1. The molecule has 0 aromatic carbocycles. The van der Waals surface area contributed by atoms with Crippen LogP contribution in [0.1, 0.15) is 12.8 Å². The molecule has 0 spiro atoms. The standard InChI is InChI=1S/C11H22O5/c1-13-6-7-16-9-8-15-5-3-4-11(12)10-14-2/h3-10H2,1-2H3. The van der Waals surface area contributed by atoms with Gasteiger partial charge in [0.05, 0.1) is 26.4 Å². The molecule has 0 aromatic heterocycles. The van der Waals surface area contributed by atoms with Crippen LogP contribution in [0, 0.1) is 0 Å². The predicted molar refractivity (Wildman–Crippen MR) is 59.6 cm³/mol. The van der Waals surface area contributed by atoms with E-state index in [1.807, 2.05) is 0 Å². The first-order valence-electron chi connectivity index (χ1n) is 5.46. The molecule has 0 amide bonds. The minimum Gasteiger partial charge on any atom is -0.382 e. The molecule has 96 valence electrons. The van der Waals surface area contributed by atoms with Crippen molar-refractivity contribution in [3.8, 4) is 0 Å². The van der Waals surface area contributed by atoms with E-state index in [4.69, 9.17) is 18.9 Å². The summed E-state index contributed by atoms with van der Waals surface area (Å²) in [5.74, 6) is 0.113. The number of ether oxygens (including phenoxy) is 4. The first-order valence-corrected chi connectivity index (χ1v) is 5.46. The molecule has 0 bridgehead atoms. The van der Waals surface area contributed by atoms with Gasteiger partial charge in [-0.25, -0.2) is 0 Å². The number of carbonyl (C=O) groups is 1. The van der Waals surface area contributed by atoms with Gasteiger partial charge in [-0.1, -0.05) is 0 Å². The van der Waals surface area contributed by atoms with Gasteiger partial charge in [0.2, 0.25) is 0 Å². The average Bonchev–Trinajstić information content (AvgIpc) is 2.27. The molecule has 0 rings (SSSR count). The molecule has 5 nitrogen and oxygen atoms in total. The summed E-state index contributed by atoms with van der Waals surface area (Å²) in [6.45, 7) is 3.10. The van der Waals surface area contributed by atoms with Gasteiger partial charge >= 0.3 is 0 Å². The van der Waals surface area contributed by atoms with Crippen LogP contribution in [0.15, 0.2) is 0 Å². The van der Waals surface area contributed by atoms with Crippen molar-refractivity contribution in [2.24, 2.45) is 0 Å². The van der Waals surface area contributed by atoms with Crippen molar-refractivity contribution >= 4 is 5.78 Å². The lowest BCUT2D eigenvalue weighted by molar-refractivity contribution is -0.123. The van der Waals surface area contributed by atoms with Crippen molar-refractivity contribution < 1.29 is 23.7 Å². The van der Waals surface area contributed by atoms with E-state index in [2.05, 4.69) is 0 Å². The maximum atomic E-state index is 11.0. The monoisotopic (exact) mass is 234 g/mol. The number of hydrogen-bond donors (Lipinski definition) is 0. The third kappa shape index (κ3) is 11.6. The van der Waals surface area contributed by atoms with Crippen molar-refractivity contribution in [1.82, 2.24) is 0 Å². The fourth-order valence-electron chi connectivity index (χ4n) is 1.07. The summed E-state index contributed by atoms with van der Waals surface area (Å²) in [5, 5.41) is 0. The van der Waals surface area contributed by atoms with E-state index in [1.165, 1.54) is 7.11 Å². The van der Waals surface area contributed by atoms with Crippen molar-refractivity contribution in [3.05, 3.63) is 0 Å². The quantitative estimate of drug-likeness (QED) is 0.464. The molecule has 0 heterocycles. The highest BCUT2D eigenvalue weighted by molar-refractivity contribution is 5.79. The summed E-state index contributed by atoms with van der Waals surface area (Å²) >= 11 is 0. The van der Waals surface area contributed by atoms with Crippen molar-refractivity contribution in [3.63, 3.8) is 0 Å². The van der Waals surface area contributed by atoms with Crippen LogP contribution in [-0.2, 0) is 23.7 Å². The number of hydrogen-bond acceptors (Lipinski definition) is 5. The Balaban J connectivity index is 3.01. The van der Waals surface area contributed by atoms with E-state index in [0.717, 1.165) is 6.42 Å². The lowest BCUT2D eigenvalue weighted by atomic mass is 10.2. The molecule has 0 N–H and O–H groups in total. The summed E-state index contributed by atoms with van der Waals surface area (Å²) in [4.78, 5) is 11.0. The molecule has 0 aliphatic carbocycles. The van der Waals surface area contributed by atoms with E-state index >= 15 is 0 Å². The van der Waals surface area contributed by atoms with Crippen molar-refractivity contribution in [1.29, 1.82) is 0 Å². The highest BCUT2D eigenvalue weighted by atomic mass is 16.5. The number of methoxy groups -OCH3 is 2. The SMILES string of the molecule is COCCOCCOCCCC(=O)COC. The van der Waals surface area contributed by atoms with Gasteiger partial charge in [0.15, 0.2) is 5.78 Å². The molecule has 0 saturated carbocycles. The van der Waals surface area contributed by atoms with Gasteiger partial charge in [0.25, 0.3) is 0 Å². The molecule has 0 atom stereocenters. The molecule has 5 heteroatoms. The Morgan fingerprint density at radius 2 is 1.50 bits per heavy atom. The third-order valence-corrected chi connectivity index (χ3v) is 1.85. The zero-order valence-corrected chi connectivity index (χ0v) is 10.2. The highest BCUT2D eigenvalue weighted by Gasteiger charge is 1.99. The second-order valence-electron chi connectivity index (χ2n) is 3.29. The molecule has 0 aromatic rings. The van der Waals surface area contributed by atoms with Crippen LogP contribution < -0.4 is 0 Å². The van der Waals surface area contributed by atoms with Crippen LogP contribution in [0.3, 0.4) is 0 Å². The Bertz CT molecular complexity index is 160. The number of Topliss-reactive ketones (excluding diaryl/α,β-unsaturated/α-hetero) is 1. The largest absolute Gasteiger partial charge is 0.382 e. The van der Waals surface area contributed by atoms with Crippen LogP contribution >= 0.6 is 0 Å². The summed E-state index contributed by atoms with van der Waals surface area (Å²) in [6, 6.07) is 0. The first kappa shape index (κ1) is 15.5. The normalized spacial score (nSPS) is 10.6. The molecular formula is C11H22O5. The minimum atomic E-state index is 0.113. The molecule has 0 unspecified atom stereocenters. The van der Waals surface area contributed by atoms with Gasteiger partial charge in [-0.2, -0.15) is 0 Å². The smallest absolute Gasteiger partial charge is 0.158 e. The molecule has 0 fully saturated rings. The lowest BCUT2D eigenvalue weighted by Crippen LogP contribution is -2.10. The van der Waals surface area contributed by atoms with Crippen LogP contribution in [0.5, 0.6) is 0 Å². The number of ketones is 1. The lowest BCUT2D eigenvalue weighted by Gasteiger charge is -2.05. The molecule has 0 saturated heterocycles. The second kappa shape index (κ2) is 12.6. The van der Waals surface area contributed by atoms with Gasteiger partial charge in [-0.3, -0.25) is 4.79 Å². The van der Waals surface area contributed by atoms with Gasteiger partial charge in [-0.05, 0) is 6.42 Å². The zero-order chi connectivity index (χ0) is 12.1. The van der Waals surface area contributed by atoms with Gasteiger partial charge < -0.3 is 18.9 Å². The highest BCUT2D eigenvalue weighted by Crippen LogP contribution is 1.92. The second-order valence-corrected chi connectivity index (χ2v) is 3.29. The minimum absolute atomic E-state index is 0.113. The van der Waals surface area contributed by atoms with E-state index in [-0.39, 0.29) is 12.4 Å². The molecule has 0 radical (unpaired) electrons. The maximum Gasteiger partial charge on any atom is 0.158 e. The van der Waals surface area contributed by atoms with Gasteiger partial charge in [0.1, 0.15) is 6.61 Å². The third-order valence-electron chi connectivity index (χ3n) is 1.85. The van der Waals surface area contributed by atoms with Crippen molar-refractivity contribution in [2.45, 2.75) is 12.8 Å². The molecule has 16 heavy (non-hydrogen) atoms. The maximum absolute atomic E-state index is 11.0. The fourth-order valence-corrected chi connectivity index (χ4v) is 1.07. The first-order chi connectivity index (χ1) is 7.81. The Labute approximate surface area is 97.0 Å². The van der Waals surface area contributed by atoms with E-state index in [1.54, 1.807) is 7.11 Å². The fraction of sp³-hybridized carbons (Fsp3) is 0.909. The van der Waals surface area contributed by atoms with Gasteiger partial charge in [0, 0.05) is 27.2 Å². The van der Waals surface area contributed by atoms with Gasteiger partial charge in [-0.15, -0.1) is 0 Å². The Morgan fingerprint density at radius 1 is 0.875 bits per heavy atom.